The molecule has 110 valence electrons. The largest absolute Gasteiger partial charge is 0.497 e. The van der Waals surface area contributed by atoms with Gasteiger partial charge >= 0.3 is 0 Å². The van der Waals surface area contributed by atoms with Crippen LogP contribution in [0.15, 0.2) is 42.5 Å². The van der Waals surface area contributed by atoms with E-state index in [4.69, 9.17) is 10.6 Å². The van der Waals surface area contributed by atoms with Crippen LogP contribution in [-0.2, 0) is 6.54 Å². The van der Waals surface area contributed by atoms with Crippen molar-refractivity contribution < 1.29 is 9.53 Å². The van der Waals surface area contributed by atoms with E-state index in [2.05, 4.69) is 10.7 Å². The van der Waals surface area contributed by atoms with Gasteiger partial charge in [0.25, 0.3) is 5.91 Å². The Labute approximate surface area is 124 Å². The number of benzene rings is 2. The third kappa shape index (κ3) is 3.73. The third-order valence-electron chi connectivity index (χ3n) is 3.26. The topological polar surface area (TPSA) is 76.4 Å². The van der Waals surface area contributed by atoms with Crippen LogP contribution < -0.4 is 21.3 Å². The molecule has 0 unspecified atom stereocenters. The number of nitrogen functional groups attached to an aromatic ring is 1. The van der Waals surface area contributed by atoms with Crippen molar-refractivity contribution in [1.29, 1.82) is 0 Å². The van der Waals surface area contributed by atoms with E-state index < -0.39 is 0 Å². The van der Waals surface area contributed by atoms with Crippen LogP contribution in [0.5, 0.6) is 5.75 Å². The minimum atomic E-state index is -0.113. The number of ether oxygens (including phenoxy) is 1. The Kier molecular flexibility index (Phi) is 4.79. The summed E-state index contributed by atoms with van der Waals surface area (Å²) in [6.45, 7) is 2.37. The molecule has 0 saturated carbocycles. The van der Waals surface area contributed by atoms with Gasteiger partial charge in [0.2, 0.25) is 0 Å². The van der Waals surface area contributed by atoms with Gasteiger partial charge in [0.05, 0.1) is 12.8 Å². The molecule has 0 saturated heterocycles. The monoisotopic (exact) mass is 285 g/mol. The van der Waals surface area contributed by atoms with Crippen molar-refractivity contribution in [2.45, 2.75) is 13.5 Å². The molecule has 0 aliphatic heterocycles. The molecular formula is C16H19N3O2. The Balaban J connectivity index is 1.99. The lowest BCUT2D eigenvalue weighted by molar-refractivity contribution is 0.0951. The van der Waals surface area contributed by atoms with Gasteiger partial charge in [-0.1, -0.05) is 12.1 Å². The zero-order chi connectivity index (χ0) is 15.2. The molecule has 0 aliphatic rings. The van der Waals surface area contributed by atoms with Gasteiger partial charge in [0.1, 0.15) is 5.75 Å². The summed E-state index contributed by atoms with van der Waals surface area (Å²) < 4.78 is 5.10. The molecular weight excluding hydrogens is 266 g/mol. The second kappa shape index (κ2) is 6.76. The fourth-order valence-electron chi connectivity index (χ4n) is 1.99. The highest BCUT2D eigenvalue weighted by Crippen LogP contribution is 2.15. The lowest BCUT2D eigenvalue weighted by Crippen LogP contribution is -2.23. The molecule has 0 aliphatic carbocycles. The molecule has 0 bridgehead atoms. The van der Waals surface area contributed by atoms with E-state index in [0.29, 0.717) is 12.1 Å². The predicted octanol–water partition coefficient (Wildman–Crippen LogP) is 2.22. The van der Waals surface area contributed by atoms with E-state index >= 15 is 0 Å². The van der Waals surface area contributed by atoms with Crippen molar-refractivity contribution in [3.63, 3.8) is 0 Å². The summed E-state index contributed by atoms with van der Waals surface area (Å²) in [7, 11) is 1.62. The maximum absolute atomic E-state index is 12.1. The number of methoxy groups -OCH3 is 1. The summed E-state index contributed by atoms with van der Waals surface area (Å²) in [5.41, 5.74) is 5.95. The minimum absolute atomic E-state index is 0.113. The van der Waals surface area contributed by atoms with E-state index in [-0.39, 0.29) is 5.91 Å². The first-order chi connectivity index (χ1) is 10.1. The van der Waals surface area contributed by atoms with Crippen molar-refractivity contribution in [1.82, 2.24) is 5.32 Å². The van der Waals surface area contributed by atoms with E-state index in [1.807, 2.05) is 31.2 Å². The third-order valence-corrected chi connectivity index (χ3v) is 3.26. The number of anilines is 1. The molecule has 0 atom stereocenters. The number of rotatable bonds is 5. The van der Waals surface area contributed by atoms with Gasteiger partial charge in [0.15, 0.2) is 0 Å². The Bertz CT molecular complexity index is 624. The lowest BCUT2D eigenvalue weighted by atomic mass is 10.1. The summed E-state index contributed by atoms with van der Waals surface area (Å²) in [6, 6.07) is 12.9. The van der Waals surface area contributed by atoms with Gasteiger partial charge < -0.3 is 15.5 Å². The van der Waals surface area contributed by atoms with E-state index in [0.717, 1.165) is 22.6 Å². The number of hydrogen-bond acceptors (Lipinski definition) is 4. The zero-order valence-electron chi connectivity index (χ0n) is 12.1. The molecule has 1 amide bonds. The lowest BCUT2D eigenvalue weighted by Gasteiger charge is -2.09. The second-order valence-electron chi connectivity index (χ2n) is 4.70. The van der Waals surface area contributed by atoms with Crippen molar-refractivity contribution in [2.24, 2.45) is 5.84 Å². The van der Waals surface area contributed by atoms with Crippen molar-refractivity contribution in [2.75, 3.05) is 12.5 Å². The number of hydrogen-bond donors (Lipinski definition) is 3. The van der Waals surface area contributed by atoms with Gasteiger partial charge in [-0.2, -0.15) is 0 Å². The smallest absolute Gasteiger partial charge is 0.251 e. The highest BCUT2D eigenvalue weighted by Gasteiger charge is 2.07. The number of carbonyl (C=O) groups excluding carboxylic acids is 1. The number of aryl methyl sites for hydroxylation is 1. The molecule has 0 heterocycles. The minimum Gasteiger partial charge on any atom is -0.497 e. The predicted molar refractivity (Wildman–Crippen MR) is 83.2 cm³/mol. The van der Waals surface area contributed by atoms with Crippen molar-refractivity contribution in [3.8, 4) is 5.75 Å². The summed E-state index contributed by atoms with van der Waals surface area (Å²) >= 11 is 0. The normalized spacial score (nSPS) is 10.0. The van der Waals surface area contributed by atoms with Gasteiger partial charge in [-0.15, -0.1) is 0 Å². The summed E-state index contributed by atoms with van der Waals surface area (Å²) in [4.78, 5) is 12.1. The molecule has 0 fully saturated rings. The van der Waals surface area contributed by atoms with Gasteiger partial charge in [-0.25, -0.2) is 0 Å². The Morgan fingerprint density at radius 1 is 1.19 bits per heavy atom. The first-order valence-corrected chi connectivity index (χ1v) is 6.62. The van der Waals surface area contributed by atoms with E-state index in [1.165, 1.54) is 0 Å². The SMILES string of the molecule is COc1ccc(CNC(=O)c2ccc(NN)c(C)c2)cc1. The first kappa shape index (κ1) is 14.9. The van der Waals surface area contributed by atoms with Crippen LogP contribution in [0.3, 0.4) is 0 Å². The Morgan fingerprint density at radius 2 is 1.90 bits per heavy atom. The maximum Gasteiger partial charge on any atom is 0.251 e. The average molecular weight is 285 g/mol. The molecule has 21 heavy (non-hydrogen) atoms. The van der Waals surface area contributed by atoms with Crippen LogP contribution in [0.1, 0.15) is 21.5 Å². The molecule has 5 heteroatoms. The second-order valence-corrected chi connectivity index (χ2v) is 4.70. The molecule has 0 spiro atoms. The number of hydrazine groups is 1. The maximum atomic E-state index is 12.1. The van der Waals surface area contributed by atoms with Crippen LogP contribution >= 0.6 is 0 Å². The van der Waals surface area contributed by atoms with Gasteiger partial charge in [0, 0.05) is 12.1 Å². The fourth-order valence-corrected chi connectivity index (χ4v) is 1.99. The van der Waals surface area contributed by atoms with Crippen molar-refractivity contribution >= 4 is 11.6 Å². The van der Waals surface area contributed by atoms with Crippen LogP contribution in [0, 0.1) is 6.92 Å². The van der Waals surface area contributed by atoms with Gasteiger partial charge in [-0.3, -0.25) is 10.6 Å². The summed E-state index contributed by atoms with van der Waals surface area (Å²) in [5, 5.41) is 2.89. The summed E-state index contributed by atoms with van der Waals surface area (Å²) in [6.07, 6.45) is 0. The van der Waals surface area contributed by atoms with Gasteiger partial charge in [-0.05, 0) is 48.4 Å². The molecule has 5 nitrogen and oxygen atoms in total. The molecule has 2 aromatic rings. The van der Waals surface area contributed by atoms with Crippen LogP contribution in [0.4, 0.5) is 5.69 Å². The summed E-state index contributed by atoms with van der Waals surface area (Å²) in [5.74, 6) is 6.06. The number of amides is 1. The fraction of sp³-hybridized carbons (Fsp3) is 0.188. The van der Waals surface area contributed by atoms with Crippen molar-refractivity contribution in [3.05, 3.63) is 59.2 Å². The molecule has 2 aromatic carbocycles. The van der Waals surface area contributed by atoms with Crippen LogP contribution in [0.25, 0.3) is 0 Å². The van der Waals surface area contributed by atoms with E-state index in [9.17, 15) is 4.79 Å². The molecule has 0 radical (unpaired) electrons. The Hall–Kier alpha value is -2.53. The van der Waals surface area contributed by atoms with E-state index in [1.54, 1.807) is 25.3 Å². The highest BCUT2D eigenvalue weighted by molar-refractivity contribution is 5.94. The van der Waals surface area contributed by atoms with Crippen LogP contribution in [0.2, 0.25) is 0 Å². The first-order valence-electron chi connectivity index (χ1n) is 6.62. The zero-order valence-corrected chi connectivity index (χ0v) is 12.1. The Morgan fingerprint density at radius 3 is 2.48 bits per heavy atom. The quantitative estimate of drug-likeness (QED) is 0.581. The number of carbonyl (C=O) groups is 1. The number of nitrogens with one attached hydrogen (secondary N) is 2. The molecule has 2 rings (SSSR count). The van der Waals surface area contributed by atoms with Crippen LogP contribution in [-0.4, -0.2) is 13.0 Å². The molecule has 0 aromatic heterocycles. The highest BCUT2D eigenvalue weighted by atomic mass is 16.5. The standard InChI is InChI=1S/C16H19N3O2/c1-11-9-13(5-8-15(11)19-17)16(20)18-10-12-3-6-14(21-2)7-4-12/h3-9,19H,10,17H2,1-2H3,(H,18,20). The molecule has 4 N–H and O–H groups in total. The number of nitrogens with two attached hydrogens (primary N) is 1. The average Bonchev–Trinajstić information content (AvgIpc) is 2.53.